The monoisotopic (exact) mass is 525 g/mol. The van der Waals surface area contributed by atoms with Gasteiger partial charge in [0.25, 0.3) is 0 Å². The number of esters is 1. The normalized spacial score (nSPS) is 17.4. The van der Waals surface area contributed by atoms with Gasteiger partial charge in [0.15, 0.2) is 5.82 Å². The fourth-order valence-corrected chi connectivity index (χ4v) is 5.95. The number of piperazine rings is 1. The molecule has 1 saturated heterocycles. The van der Waals surface area contributed by atoms with Crippen LogP contribution < -0.4 is 15.1 Å². The largest absolute Gasteiger partial charge is 0.469 e. The van der Waals surface area contributed by atoms with Crippen LogP contribution in [0.3, 0.4) is 0 Å². The first-order chi connectivity index (χ1) is 17.5. The van der Waals surface area contributed by atoms with Crippen LogP contribution in [0.5, 0.6) is 0 Å². The minimum atomic E-state index is -1.15. The summed E-state index contributed by atoms with van der Waals surface area (Å²) in [6.45, 7) is 3.26. The Bertz CT molecular complexity index is 1260. The number of fused-ring (bicyclic) bond motifs is 1. The van der Waals surface area contributed by atoms with Gasteiger partial charge in [-0.2, -0.15) is 4.98 Å². The molecule has 3 heterocycles. The van der Waals surface area contributed by atoms with Gasteiger partial charge in [-0.05, 0) is 54.8 Å². The van der Waals surface area contributed by atoms with E-state index in [-0.39, 0.29) is 12.4 Å². The van der Waals surface area contributed by atoms with Crippen molar-refractivity contribution in [1.29, 1.82) is 0 Å². The maximum absolute atomic E-state index is 12.9. The van der Waals surface area contributed by atoms with Crippen LogP contribution in [0.15, 0.2) is 53.4 Å². The average Bonchev–Trinajstić information content (AvgIpc) is 2.90. The van der Waals surface area contributed by atoms with Gasteiger partial charge in [0.2, 0.25) is 5.95 Å². The minimum Gasteiger partial charge on any atom is -0.469 e. The maximum Gasteiger partial charge on any atom is 0.309 e. The fraction of sp³-hybridized carbons (Fsp3) is 0.346. The summed E-state index contributed by atoms with van der Waals surface area (Å²) in [5.41, 5.74) is 3.68. The second-order valence-electron chi connectivity index (χ2n) is 8.83. The Hall–Kier alpha value is -3.17. The Morgan fingerprint density at radius 1 is 1.03 bits per heavy atom. The molecule has 0 aliphatic carbocycles. The van der Waals surface area contributed by atoms with Gasteiger partial charge < -0.3 is 19.9 Å². The van der Waals surface area contributed by atoms with Crippen LogP contribution in [0.2, 0.25) is 5.02 Å². The Kier molecular flexibility index (Phi) is 7.38. The minimum absolute atomic E-state index is 0.218. The second kappa shape index (κ2) is 10.8. The summed E-state index contributed by atoms with van der Waals surface area (Å²) < 4.78 is 17.7. The summed E-state index contributed by atoms with van der Waals surface area (Å²) in [6.07, 6.45) is 1.85. The molecule has 2 aliphatic heterocycles. The number of aryl methyl sites for hydroxylation is 1. The molecule has 1 atom stereocenters. The number of nitrogens with zero attached hydrogens (tertiary/aromatic N) is 4. The lowest BCUT2D eigenvalue weighted by Gasteiger charge is -2.36. The summed E-state index contributed by atoms with van der Waals surface area (Å²) in [6, 6.07) is 15.4. The highest BCUT2D eigenvalue weighted by Gasteiger charge is 2.27. The molecule has 3 aromatic rings. The molecule has 10 heteroatoms. The van der Waals surface area contributed by atoms with Gasteiger partial charge in [0, 0.05) is 48.3 Å². The van der Waals surface area contributed by atoms with Gasteiger partial charge in [0.05, 0.1) is 30.0 Å². The second-order valence-corrected chi connectivity index (χ2v) is 10.8. The molecule has 8 nitrogen and oxygen atoms in total. The summed E-state index contributed by atoms with van der Waals surface area (Å²) in [5, 5.41) is 4.10. The molecule has 0 spiro atoms. The number of hydrogen-bond acceptors (Lipinski definition) is 8. The molecule has 0 bridgehead atoms. The highest BCUT2D eigenvalue weighted by Crippen LogP contribution is 2.32. The van der Waals surface area contributed by atoms with E-state index < -0.39 is 10.8 Å². The molecule has 1 aromatic heterocycles. The number of benzene rings is 2. The van der Waals surface area contributed by atoms with Crippen molar-refractivity contribution in [2.45, 2.75) is 24.2 Å². The number of rotatable bonds is 6. The van der Waals surface area contributed by atoms with E-state index in [0.29, 0.717) is 22.4 Å². The number of methoxy groups -OCH3 is 1. The Balaban J connectivity index is 1.36. The number of anilines is 4. The van der Waals surface area contributed by atoms with Gasteiger partial charge in [-0.15, -0.1) is 0 Å². The van der Waals surface area contributed by atoms with Crippen LogP contribution in [0.4, 0.5) is 23.1 Å². The SMILES string of the molecule is COC(=O)Cc1ccc(Nc2nc(N3CCN(c4ccc(Cl)cc4)CC3)nc3c2[S@](=O)CCC3)cc1. The van der Waals surface area contributed by atoms with Gasteiger partial charge in [-0.25, -0.2) is 4.98 Å². The molecule has 36 heavy (non-hydrogen) atoms. The molecule has 0 unspecified atom stereocenters. The van der Waals surface area contributed by atoms with Crippen molar-refractivity contribution in [3.8, 4) is 0 Å². The Morgan fingerprint density at radius 2 is 1.72 bits per heavy atom. The molecule has 5 rings (SSSR count). The van der Waals surface area contributed by atoms with Crippen molar-refractivity contribution in [2.24, 2.45) is 0 Å². The number of carbonyl (C=O) groups is 1. The molecule has 1 N–H and O–H groups in total. The molecule has 0 amide bonds. The average molecular weight is 526 g/mol. The van der Waals surface area contributed by atoms with Crippen molar-refractivity contribution < 1.29 is 13.7 Å². The van der Waals surface area contributed by atoms with Crippen LogP contribution in [0.25, 0.3) is 0 Å². The van der Waals surface area contributed by atoms with Gasteiger partial charge >= 0.3 is 5.97 Å². The predicted octanol–water partition coefficient (Wildman–Crippen LogP) is 3.97. The third-order valence-corrected chi connectivity index (χ3v) is 8.24. The molecule has 2 aliphatic rings. The summed E-state index contributed by atoms with van der Waals surface area (Å²) >= 11 is 6.04. The summed E-state index contributed by atoms with van der Waals surface area (Å²) in [7, 11) is 0.235. The first kappa shape index (κ1) is 24.5. The highest BCUT2D eigenvalue weighted by molar-refractivity contribution is 7.85. The van der Waals surface area contributed by atoms with Gasteiger partial charge in [-0.1, -0.05) is 23.7 Å². The molecule has 2 aromatic carbocycles. The number of hydrogen-bond donors (Lipinski definition) is 1. The predicted molar refractivity (Wildman–Crippen MR) is 143 cm³/mol. The van der Waals surface area contributed by atoms with Crippen LogP contribution in [0, 0.1) is 0 Å². The number of ether oxygens (including phenoxy) is 1. The van der Waals surface area contributed by atoms with Crippen LogP contribution in [-0.4, -0.2) is 59.2 Å². The Morgan fingerprint density at radius 3 is 2.42 bits per heavy atom. The van der Waals surface area contributed by atoms with Crippen molar-refractivity contribution in [2.75, 3.05) is 54.2 Å². The van der Waals surface area contributed by atoms with E-state index in [1.165, 1.54) is 7.11 Å². The van der Waals surface area contributed by atoms with Crippen LogP contribution in [0.1, 0.15) is 17.7 Å². The number of halogens is 1. The van der Waals surface area contributed by atoms with E-state index in [0.717, 1.165) is 66.7 Å². The van der Waals surface area contributed by atoms with Crippen LogP contribution >= 0.6 is 11.6 Å². The molecule has 1 fully saturated rings. The van der Waals surface area contributed by atoms with Gasteiger partial charge in [0.1, 0.15) is 4.90 Å². The third-order valence-electron chi connectivity index (χ3n) is 6.44. The summed E-state index contributed by atoms with van der Waals surface area (Å²) in [5.74, 6) is 1.58. The third kappa shape index (κ3) is 5.47. The maximum atomic E-state index is 12.9. The molecular weight excluding hydrogens is 498 g/mol. The van der Waals surface area contributed by atoms with E-state index in [9.17, 15) is 9.00 Å². The van der Waals surface area contributed by atoms with Crippen molar-refractivity contribution in [3.63, 3.8) is 0 Å². The number of nitrogens with one attached hydrogen (secondary N) is 1. The van der Waals surface area contributed by atoms with E-state index in [4.69, 9.17) is 26.3 Å². The zero-order chi connectivity index (χ0) is 25.1. The molecular formula is C26H28ClN5O3S. The van der Waals surface area contributed by atoms with Gasteiger partial charge in [-0.3, -0.25) is 9.00 Å². The lowest BCUT2D eigenvalue weighted by Crippen LogP contribution is -2.47. The van der Waals surface area contributed by atoms with Crippen molar-refractivity contribution in [3.05, 3.63) is 64.8 Å². The highest BCUT2D eigenvalue weighted by atomic mass is 35.5. The number of aromatic nitrogens is 2. The topological polar surface area (TPSA) is 87.7 Å². The quantitative estimate of drug-likeness (QED) is 0.484. The lowest BCUT2D eigenvalue weighted by molar-refractivity contribution is -0.139. The Labute approximate surface area is 218 Å². The molecule has 0 saturated carbocycles. The van der Waals surface area contributed by atoms with E-state index >= 15 is 0 Å². The lowest BCUT2D eigenvalue weighted by atomic mass is 10.1. The van der Waals surface area contributed by atoms with E-state index in [2.05, 4.69) is 15.1 Å². The standard InChI is InChI=1S/C26H28ClN5O3S/c1-35-23(33)17-18-4-8-20(9-5-18)28-25-24-22(3-2-16-36(24)34)29-26(30-25)32-14-12-31(13-15-32)21-10-6-19(27)7-11-21/h4-11H,2-3,12-17H2,1H3,(H,28,29,30)/t36-/m1/s1. The van der Waals surface area contributed by atoms with Crippen molar-refractivity contribution >= 4 is 51.5 Å². The molecule has 0 radical (unpaired) electrons. The first-order valence-corrected chi connectivity index (χ1v) is 13.7. The smallest absolute Gasteiger partial charge is 0.309 e. The van der Waals surface area contributed by atoms with Crippen LogP contribution in [-0.2, 0) is 33.2 Å². The zero-order valence-corrected chi connectivity index (χ0v) is 21.6. The first-order valence-electron chi connectivity index (χ1n) is 12.0. The van der Waals surface area contributed by atoms with E-state index in [1.54, 1.807) is 0 Å². The fourth-order valence-electron chi connectivity index (χ4n) is 4.49. The zero-order valence-electron chi connectivity index (χ0n) is 20.1. The van der Waals surface area contributed by atoms with E-state index in [1.807, 2.05) is 48.5 Å². The van der Waals surface area contributed by atoms with Crippen molar-refractivity contribution in [1.82, 2.24) is 9.97 Å². The molecule has 188 valence electrons. The number of carbonyl (C=O) groups excluding carboxylic acids is 1. The summed E-state index contributed by atoms with van der Waals surface area (Å²) in [4.78, 5) is 26.5.